The van der Waals surface area contributed by atoms with E-state index in [4.69, 9.17) is 0 Å². The van der Waals surface area contributed by atoms with Crippen LogP contribution in [0.1, 0.15) is 12.5 Å². The van der Waals surface area contributed by atoms with Gasteiger partial charge in [-0.05, 0) is 24.1 Å². The Morgan fingerprint density at radius 3 is 2.93 bits per heavy atom. The van der Waals surface area contributed by atoms with Gasteiger partial charge in [0.15, 0.2) is 0 Å². The number of carbonyl (C=O) groups is 1. The molecule has 0 saturated carbocycles. The third-order valence-corrected chi connectivity index (χ3v) is 1.91. The number of carbonyl (C=O) groups excluding carboxylic acids is 1. The topological polar surface area (TPSA) is 29.1 Å². The van der Waals surface area contributed by atoms with Gasteiger partial charge in [0.05, 0.1) is 5.69 Å². The van der Waals surface area contributed by atoms with Crippen LogP contribution in [-0.2, 0) is 11.2 Å². The van der Waals surface area contributed by atoms with E-state index in [0.717, 1.165) is 11.6 Å². The molecule has 0 unspecified atom stereocenters. The van der Waals surface area contributed by atoms with Crippen molar-refractivity contribution in [2.75, 3.05) is 5.32 Å². The molecule has 0 radical (unpaired) electrons. The molecule has 14 heavy (non-hydrogen) atoms. The van der Waals surface area contributed by atoms with Gasteiger partial charge in [0, 0.05) is 0 Å². The van der Waals surface area contributed by atoms with Gasteiger partial charge in [-0.25, -0.2) is 4.39 Å². The van der Waals surface area contributed by atoms with Gasteiger partial charge < -0.3 is 5.32 Å². The molecule has 0 spiro atoms. The second-order valence-corrected chi connectivity index (χ2v) is 2.82. The molecule has 0 aliphatic rings. The van der Waals surface area contributed by atoms with Crippen LogP contribution in [0.2, 0.25) is 0 Å². The summed E-state index contributed by atoms with van der Waals surface area (Å²) in [5, 5.41) is 2.45. The fraction of sp³-hybridized carbons (Fsp3) is 0.182. The average Bonchev–Trinajstić information content (AvgIpc) is 2.20. The zero-order chi connectivity index (χ0) is 10.6. The lowest BCUT2D eigenvalue weighted by molar-refractivity contribution is -0.111. The second-order valence-electron chi connectivity index (χ2n) is 2.82. The zero-order valence-corrected chi connectivity index (χ0v) is 8.01. The Morgan fingerprint density at radius 1 is 1.64 bits per heavy atom. The summed E-state index contributed by atoms with van der Waals surface area (Å²) in [6, 6.07) is 4.72. The van der Waals surface area contributed by atoms with Crippen molar-refractivity contribution in [2.24, 2.45) is 0 Å². The second kappa shape index (κ2) is 4.56. The molecule has 1 aromatic rings. The molecule has 0 aliphatic heterocycles. The van der Waals surface area contributed by atoms with Crippen molar-refractivity contribution in [3.05, 3.63) is 42.2 Å². The highest BCUT2D eigenvalue weighted by molar-refractivity contribution is 5.99. The third kappa shape index (κ3) is 2.19. The number of nitrogens with one attached hydrogen (secondary N) is 1. The van der Waals surface area contributed by atoms with Crippen LogP contribution in [0.3, 0.4) is 0 Å². The molecular weight excluding hydrogens is 181 g/mol. The summed E-state index contributed by atoms with van der Waals surface area (Å²) >= 11 is 0. The Balaban J connectivity index is 3.04. The monoisotopic (exact) mass is 193 g/mol. The first kappa shape index (κ1) is 10.4. The number of anilines is 1. The van der Waals surface area contributed by atoms with Gasteiger partial charge in [0.2, 0.25) is 5.91 Å². The fourth-order valence-electron chi connectivity index (χ4n) is 1.18. The number of para-hydroxylation sites is 1. The maximum atomic E-state index is 13.3. The maximum Gasteiger partial charge on any atom is 0.247 e. The van der Waals surface area contributed by atoms with Crippen LogP contribution in [0.5, 0.6) is 0 Å². The van der Waals surface area contributed by atoms with Crippen LogP contribution in [0, 0.1) is 5.82 Å². The van der Waals surface area contributed by atoms with Crippen LogP contribution in [0.25, 0.3) is 0 Å². The molecule has 1 N–H and O–H groups in total. The first-order valence-corrected chi connectivity index (χ1v) is 4.39. The first-order valence-electron chi connectivity index (χ1n) is 4.39. The lowest BCUT2D eigenvalue weighted by Gasteiger charge is -2.08. The van der Waals surface area contributed by atoms with Gasteiger partial charge in [0.25, 0.3) is 0 Å². The van der Waals surface area contributed by atoms with Crippen LogP contribution in [0.15, 0.2) is 30.9 Å². The molecule has 0 aliphatic carbocycles. The van der Waals surface area contributed by atoms with Crippen LogP contribution in [0.4, 0.5) is 10.1 Å². The highest BCUT2D eigenvalue weighted by Crippen LogP contribution is 2.20. The Labute approximate surface area is 82.4 Å². The van der Waals surface area contributed by atoms with E-state index in [0.29, 0.717) is 6.42 Å². The number of aryl methyl sites for hydroxylation is 1. The van der Waals surface area contributed by atoms with E-state index < -0.39 is 11.7 Å². The smallest absolute Gasteiger partial charge is 0.247 e. The molecule has 1 amide bonds. The first-order chi connectivity index (χ1) is 6.69. The molecule has 0 aromatic heterocycles. The zero-order valence-electron chi connectivity index (χ0n) is 8.01. The Morgan fingerprint density at radius 2 is 2.36 bits per heavy atom. The largest absolute Gasteiger partial charge is 0.320 e. The number of benzene rings is 1. The SMILES string of the molecule is C=CC(=O)Nc1c(F)cccc1CC. The van der Waals surface area contributed by atoms with Crippen LogP contribution < -0.4 is 5.32 Å². The van der Waals surface area contributed by atoms with Crippen molar-refractivity contribution < 1.29 is 9.18 Å². The van der Waals surface area contributed by atoms with Crippen LogP contribution in [-0.4, -0.2) is 5.91 Å². The Kier molecular flexibility index (Phi) is 3.40. The number of hydrogen-bond donors (Lipinski definition) is 1. The quantitative estimate of drug-likeness (QED) is 0.734. The van der Waals surface area contributed by atoms with E-state index in [1.54, 1.807) is 12.1 Å². The maximum absolute atomic E-state index is 13.3. The molecule has 2 nitrogen and oxygen atoms in total. The molecular formula is C11H12FNO. The van der Waals surface area contributed by atoms with Gasteiger partial charge in [-0.3, -0.25) is 4.79 Å². The molecule has 0 heterocycles. The van der Waals surface area contributed by atoms with Crippen molar-refractivity contribution in [1.29, 1.82) is 0 Å². The van der Waals surface area contributed by atoms with Gasteiger partial charge in [-0.1, -0.05) is 25.6 Å². The molecule has 1 aromatic carbocycles. The van der Waals surface area contributed by atoms with E-state index in [-0.39, 0.29) is 5.69 Å². The fourth-order valence-corrected chi connectivity index (χ4v) is 1.18. The van der Waals surface area contributed by atoms with Crippen molar-refractivity contribution in [3.8, 4) is 0 Å². The van der Waals surface area contributed by atoms with Gasteiger partial charge in [-0.15, -0.1) is 0 Å². The molecule has 0 bridgehead atoms. The third-order valence-electron chi connectivity index (χ3n) is 1.91. The van der Waals surface area contributed by atoms with Crippen molar-refractivity contribution >= 4 is 11.6 Å². The number of halogens is 1. The minimum atomic E-state index is -0.417. The summed E-state index contributed by atoms with van der Waals surface area (Å²) in [6.07, 6.45) is 1.79. The minimum Gasteiger partial charge on any atom is -0.320 e. The Bertz CT molecular complexity index is 360. The van der Waals surface area contributed by atoms with Gasteiger partial charge >= 0.3 is 0 Å². The van der Waals surface area contributed by atoms with Crippen molar-refractivity contribution in [3.63, 3.8) is 0 Å². The lowest BCUT2D eigenvalue weighted by atomic mass is 10.1. The Hall–Kier alpha value is -1.64. The minimum absolute atomic E-state index is 0.250. The predicted octanol–water partition coefficient (Wildman–Crippen LogP) is 2.51. The number of amides is 1. The van der Waals surface area contributed by atoms with Gasteiger partial charge in [-0.2, -0.15) is 0 Å². The average molecular weight is 193 g/mol. The highest BCUT2D eigenvalue weighted by atomic mass is 19.1. The van der Waals surface area contributed by atoms with Gasteiger partial charge in [0.1, 0.15) is 5.82 Å². The van der Waals surface area contributed by atoms with E-state index in [1.807, 2.05) is 6.92 Å². The molecule has 74 valence electrons. The summed E-state index contributed by atoms with van der Waals surface area (Å²) in [4.78, 5) is 11.0. The van der Waals surface area contributed by atoms with Crippen molar-refractivity contribution in [2.45, 2.75) is 13.3 Å². The molecule has 0 saturated heterocycles. The summed E-state index contributed by atoms with van der Waals surface area (Å²) in [5.74, 6) is -0.815. The normalized spacial score (nSPS) is 9.57. The number of rotatable bonds is 3. The van der Waals surface area contributed by atoms with E-state index in [2.05, 4.69) is 11.9 Å². The summed E-state index contributed by atoms with van der Waals surface area (Å²) < 4.78 is 13.3. The summed E-state index contributed by atoms with van der Waals surface area (Å²) in [6.45, 7) is 5.21. The molecule has 3 heteroatoms. The van der Waals surface area contributed by atoms with E-state index >= 15 is 0 Å². The lowest BCUT2D eigenvalue weighted by Crippen LogP contribution is -2.10. The number of hydrogen-bond acceptors (Lipinski definition) is 1. The van der Waals surface area contributed by atoms with E-state index in [1.165, 1.54) is 6.07 Å². The predicted molar refractivity (Wildman–Crippen MR) is 54.6 cm³/mol. The summed E-state index contributed by atoms with van der Waals surface area (Å²) in [7, 11) is 0. The van der Waals surface area contributed by atoms with Crippen molar-refractivity contribution in [1.82, 2.24) is 0 Å². The molecule has 0 atom stereocenters. The van der Waals surface area contributed by atoms with E-state index in [9.17, 15) is 9.18 Å². The summed E-state index contributed by atoms with van der Waals surface area (Å²) in [5.41, 5.74) is 1.03. The molecule has 1 rings (SSSR count). The molecule has 0 fully saturated rings. The standard InChI is InChI=1S/C11H12FNO/c1-3-8-6-5-7-9(12)11(8)13-10(14)4-2/h4-7H,2-3H2,1H3,(H,13,14). The van der Waals surface area contributed by atoms with Crippen LogP contribution >= 0.6 is 0 Å². The highest BCUT2D eigenvalue weighted by Gasteiger charge is 2.08.